The molecule has 0 spiro atoms. The first kappa shape index (κ1) is 18.8. The van der Waals surface area contributed by atoms with Gasteiger partial charge in [-0.15, -0.1) is 0 Å². The second-order valence-electron chi connectivity index (χ2n) is 6.80. The maximum atomic E-state index is 6.03. The summed E-state index contributed by atoms with van der Waals surface area (Å²) in [5.74, 6) is 2.51. The van der Waals surface area contributed by atoms with Crippen molar-refractivity contribution < 1.29 is 9.47 Å². The number of para-hydroxylation sites is 2. The summed E-state index contributed by atoms with van der Waals surface area (Å²) in [6.07, 6.45) is 6.52. The van der Waals surface area contributed by atoms with Crippen molar-refractivity contribution >= 4 is 11.0 Å². The van der Waals surface area contributed by atoms with E-state index in [1.807, 2.05) is 72.8 Å². The van der Waals surface area contributed by atoms with Crippen LogP contribution >= 0.6 is 0 Å². The molecular weight excluding hydrogens is 388 g/mol. The Morgan fingerprint density at radius 2 is 1.68 bits per heavy atom. The van der Waals surface area contributed by atoms with Crippen LogP contribution < -0.4 is 9.47 Å². The van der Waals surface area contributed by atoms with Crippen LogP contribution in [0.1, 0.15) is 11.4 Å². The molecule has 0 amide bonds. The smallest absolute Gasteiger partial charge is 0.246 e. The molecule has 150 valence electrons. The van der Waals surface area contributed by atoms with E-state index in [1.54, 1.807) is 19.5 Å². The van der Waals surface area contributed by atoms with Crippen molar-refractivity contribution in [3.05, 3.63) is 103 Å². The van der Waals surface area contributed by atoms with Gasteiger partial charge in [0.05, 0.1) is 24.6 Å². The van der Waals surface area contributed by atoms with Gasteiger partial charge in [0, 0.05) is 18.0 Å². The Bertz CT molecular complexity index is 1300. The number of aromatic nitrogens is 4. The van der Waals surface area contributed by atoms with E-state index in [4.69, 9.17) is 9.47 Å². The molecule has 2 radical (unpaired) electrons. The standard InChI is InChI=1S/C25H18N4O2/c1-30-20-6-4-5-18(16-20)24-25(27-14-13-26-24)31-19-11-9-17(10-12-19)15-23-28-21-7-2-3-8-22(21)29-23/h2-14,16H,1H3,(H,28,29). The van der Waals surface area contributed by atoms with Crippen molar-refractivity contribution in [1.29, 1.82) is 0 Å². The predicted molar refractivity (Wildman–Crippen MR) is 118 cm³/mol. The summed E-state index contributed by atoms with van der Waals surface area (Å²) in [4.78, 5) is 16.6. The van der Waals surface area contributed by atoms with Crippen LogP contribution in [0, 0.1) is 6.42 Å². The molecule has 0 bridgehead atoms. The Morgan fingerprint density at radius 3 is 2.52 bits per heavy atom. The molecule has 31 heavy (non-hydrogen) atoms. The first-order valence-electron chi connectivity index (χ1n) is 9.73. The average Bonchev–Trinajstić information content (AvgIpc) is 3.23. The number of nitrogens with one attached hydrogen (secondary N) is 1. The molecule has 5 aromatic rings. The lowest BCUT2D eigenvalue weighted by molar-refractivity contribution is 0.415. The van der Waals surface area contributed by atoms with E-state index in [2.05, 4.69) is 26.4 Å². The number of H-pyrrole nitrogens is 1. The molecule has 0 unspecified atom stereocenters. The van der Waals surface area contributed by atoms with E-state index in [9.17, 15) is 0 Å². The third kappa shape index (κ3) is 4.09. The van der Waals surface area contributed by atoms with Gasteiger partial charge in [0.15, 0.2) is 0 Å². The predicted octanol–water partition coefficient (Wildman–Crippen LogP) is 5.30. The minimum absolute atomic E-state index is 0.425. The van der Waals surface area contributed by atoms with Crippen molar-refractivity contribution in [3.63, 3.8) is 0 Å². The van der Waals surface area contributed by atoms with Gasteiger partial charge in [0.2, 0.25) is 5.88 Å². The number of benzene rings is 3. The minimum Gasteiger partial charge on any atom is -0.497 e. The molecule has 6 nitrogen and oxygen atoms in total. The lowest BCUT2D eigenvalue weighted by atomic mass is 10.1. The maximum absolute atomic E-state index is 6.03. The van der Waals surface area contributed by atoms with Crippen LogP contribution in [0.3, 0.4) is 0 Å². The number of hydrogen-bond acceptors (Lipinski definition) is 5. The van der Waals surface area contributed by atoms with Crippen LogP contribution in [0.5, 0.6) is 17.4 Å². The summed E-state index contributed by atoms with van der Waals surface area (Å²) in [6.45, 7) is 0. The first-order valence-corrected chi connectivity index (χ1v) is 9.73. The summed E-state index contributed by atoms with van der Waals surface area (Å²) < 4.78 is 11.3. The lowest BCUT2D eigenvalue weighted by Crippen LogP contribution is -1.95. The average molecular weight is 406 g/mol. The number of ether oxygens (including phenoxy) is 2. The Balaban J connectivity index is 1.35. The fraction of sp³-hybridized carbons (Fsp3) is 0.0400. The third-order valence-corrected chi connectivity index (χ3v) is 4.73. The largest absolute Gasteiger partial charge is 0.497 e. The van der Waals surface area contributed by atoms with Gasteiger partial charge in [-0.1, -0.05) is 36.4 Å². The molecule has 2 aromatic heterocycles. The first-order chi connectivity index (χ1) is 15.3. The summed E-state index contributed by atoms with van der Waals surface area (Å²) in [5.41, 5.74) is 4.30. The molecule has 0 atom stereocenters. The van der Waals surface area contributed by atoms with E-state index >= 15 is 0 Å². The third-order valence-electron chi connectivity index (χ3n) is 4.73. The van der Waals surface area contributed by atoms with E-state index in [-0.39, 0.29) is 0 Å². The van der Waals surface area contributed by atoms with Crippen LogP contribution in [0.2, 0.25) is 0 Å². The van der Waals surface area contributed by atoms with Crippen LogP contribution in [0.25, 0.3) is 22.3 Å². The summed E-state index contributed by atoms with van der Waals surface area (Å²) in [7, 11) is 1.63. The van der Waals surface area contributed by atoms with E-state index < -0.39 is 0 Å². The SMILES string of the molecule is COc1cccc(-c2nccnc2Oc2ccc([C]c3nc4ccccc4[nH]3)cc2)c1. The molecule has 0 fully saturated rings. The second-order valence-corrected chi connectivity index (χ2v) is 6.80. The highest BCUT2D eigenvalue weighted by molar-refractivity contribution is 5.75. The fourth-order valence-electron chi connectivity index (χ4n) is 3.23. The lowest BCUT2D eigenvalue weighted by Gasteiger charge is -2.10. The van der Waals surface area contributed by atoms with Crippen molar-refractivity contribution in [2.45, 2.75) is 0 Å². The van der Waals surface area contributed by atoms with Crippen LogP contribution in [-0.2, 0) is 0 Å². The Labute approximate surface area is 179 Å². The highest BCUT2D eigenvalue weighted by Gasteiger charge is 2.12. The zero-order chi connectivity index (χ0) is 21.0. The molecule has 5 rings (SSSR count). The molecule has 2 heterocycles. The van der Waals surface area contributed by atoms with Crippen LogP contribution in [0.4, 0.5) is 0 Å². The minimum atomic E-state index is 0.425. The van der Waals surface area contributed by atoms with Crippen LogP contribution in [-0.4, -0.2) is 27.0 Å². The number of fused-ring (bicyclic) bond motifs is 1. The van der Waals surface area contributed by atoms with Gasteiger partial charge in [-0.05, 0) is 42.0 Å². The van der Waals surface area contributed by atoms with Gasteiger partial charge in [0.1, 0.15) is 23.0 Å². The number of hydrogen-bond donors (Lipinski definition) is 1. The summed E-state index contributed by atoms with van der Waals surface area (Å²) in [6, 6.07) is 23.1. The molecule has 0 aliphatic rings. The Kier molecular flexibility index (Phi) is 5.02. The fourth-order valence-corrected chi connectivity index (χ4v) is 3.23. The molecule has 3 aromatic carbocycles. The van der Waals surface area contributed by atoms with Gasteiger partial charge >= 0.3 is 0 Å². The van der Waals surface area contributed by atoms with Crippen molar-refractivity contribution in [3.8, 4) is 28.6 Å². The molecule has 1 N–H and O–H groups in total. The van der Waals surface area contributed by atoms with Gasteiger partial charge in [0.25, 0.3) is 0 Å². The number of aromatic amines is 1. The Hall–Kier alpha value is -4.19. The van der Waals surface area contributed by atoms with Gasteiger partial charge in [-0.2, -0.15) is 0 Å². The summed E-state index contributed by atoms with van der Waals surface area (Å²) >= 11 is 0. The Morgan fingerprint density at radius 1 is 0.839 bits per heavy atom. The maximum Gasteiger partial charge on any atom is 0.246 e. The quantitative estimate of drug-likeness (QED) is 0.414. The van der Waals surface area contributed by atoms with Gasteiger partial charge < -0.3 is 14.5 Å². The molecule has 0 aliphatic carbocycles. The number of nitrogens with zero attached hydrogens (tertiary/aromatic N) is 3. The number of imidazole rings is 1. The highest BCUT2D eigenvalue weighted by Crippen LogP contribution is 2.31. The molecular formula is C25H18N4O2. The van der Waals surface area contributed by atoms with Gasteiger partial charge in [-0.25, -0.2) is 15.0 Å². The molecule has 6 heteroatoms. The molecule has 0 saturated heterocycles. The van der Waals surface area contributed by atoms with E-state index in [0.717, 1.165) is 27.9 Å². The monoisotopic (exact) mass is 406 g/mol. The van der Waals surface area contributed by atoms with Crippen molar-refractivity contribution in [2.75, 3.05) is 7.11 Å². The number of methoxy groups -OCH3 is 1. The summed E-state index contributed by atoms with van der Waals surface area (Å²) in [5, 5.41) is 0. The highest BCUT2D eigenvalue weighted by atomic mass is 16.5. The zero-order valence-electron chi connectivity index (χ0n) is 16.7. The zero-order valence-corrected chi connectivity index (χ0v) is 16.7. The van der Waals surface area contributed by atoms with Crippen molar-refractivity contribution in [2.24, 2.45) is 0 Å². The van der Waals surface area contributed by atoms with Crippen LogP contribution in [0.15, 0.2) is 85.2 Å². The number of rotatable bonds is 6. The van der Waals surface area contributed by atoms with Gasteiger partial charge in [-0.3, -0.25) is 0 Å². The second kappa shape index (κ2) is 8.28. The topological polar surface area (TPSA) is 72.9 Å². The normalized spacial score (nSPS) is 10.9. The molecule has 0 saturated carbocycles. The van der Waals surface area contributed by atoms with Crippen molar-refractivity contribution in [1.82, 2.24) is 19.9 Å². The van der Waals surface area contributed by atoms with E-state index in [0.29, 0.717) is 23.1 Å². The molecule has 0 aliphatic heterocycles. The van der Waals surface area contributed by atoms with E-state index in [1.165, 1.54) is 0 Å².